The minimum absolute atomic E-state index is 0.0881. The third kappa shape index (κ3) is 4.44. The topological polar surface area (TPSA) is 74.3 Å². The molecule has 3 amide bonds. The van der Waals surface area contributed by atoms with Crippen LogP contribution in [-0.4, -0.2) is 28.4 Å². The summed E-state index contributed by atoms with van der Waals surface area (Å²) in [5.41, 5.74) is -0.701. The third-order valence-electron chi connectivity index (χ3n) is 4.34. The summed E-state index contributed by atoms with van der Waals surface area (Å²) in [6, 6.07) is 2.68. The van der Waals surface area contributed by atoms with Crippen molar-refractivity contribution < 1.29 is 31.5 Å². The Hall–Kier alpha value is -3.24. The van der Waals surface area contributed by atoms with Crippen molar-refractivity contribution in [2.45, 2.75) is 25.7 Å². The van der Waals surface area contributed by atoms with E-state index in [1.54, 1.807) is 0 Å². The first-order valence-electron chi connectivity index (χ1n) is 8.41. The van der Waals surface area contributed by atoms with Gasteiger partial charge in [-0.2, -0.15) is 13.2 Å². The van der Waals surface area contributed by atoms with Crippen LogP contribution >= 0.6 is 0 Å². The summed E-state index contributed by atoms with van der Waals surface area (Å²) >= 11 is 0. The molecule has 6 nitrogen and oxygen atoms in total. The van der Waals surface area contributed by atoms with Gasteiger partial charge in [0.15, 0.2) is 11.6 Å². The number of anilines is 1. The maximum absolute atomic E-state index is 13.9. The Balaban J connectivity index is 1.64. The van der Waals surface area contributed by atoms with Crippen LogP contribution in [0.25, 0.3) is 0 Å². The number of amides is 3. The highest BCUT2D eigenvalue weighted by atomic mass is 19.4. The van der Waals surface area contributed by atoms with E-state index < -0.39 is 47.9 Å². The van der Waals surface area contributed by atoms with Crippen LogP contribution in [0.4, 0.5) is 32.4 Å². The molecule has 1 aromatic heterocycles. The quantitative estimate of drug-likeness (QED) is 0.751. The molecule has 11 heteroatoms. The van der Waals surface area contributed by atoms with E-state index in [1.165, 1.54) is 13.0 Å². The second-order valence-corrected chi connectivity index (χ2v) is 6.43. The molecule has 0 unspecified atom stereocenters. The maximum atomic E-state index is 13.9. The normalized spacial score (nSPS) is 14.8. The van der Waals surface area contributed by atoms with Gasteiger partial charge >= 0.3 is 12.2 Å². The Morgan fingerprint density at radius 3 is 2.62 bits per heavy atom. The summed E-state index contributed by atoms with van der Waals surface area (Å²) in [4.78, 5) is 29.0. The molecule has 154 valence electrons. The van der Waals surface area contributed by atoms with Gasteiger partial charge in [-0.1, -0.05) is 0 Å². The molecule has 1 aliphatic rings. The second-order valence-electron chi connectivity index (χ2n) is 6.43. The van der Waals surface area contributed by atoms with E-state index in [9.17, 15) is 31.5 Å². The molecular formula is C18H15F5N4O2. The highest BCUT2D eigenvalue weighted by molar-refractivity contribution is 5.94. The van der Waals surface area contributed by atoms with E-state index >= 15 is 0 Å². The van der Waals surface area contributed by atoms with Crippen LogP contribution in [0.15, 0.2) is 30.5 Å². The fraction of sp³-hybridized carbons (Fsp3) is 0.278. The summed E-state index contributed by atoms with van der Waals surface area (Å²) in [6.07, 6.45) is -3.87. The van der Waals surface area contributed by atoms with Crippen molar-refractivity contribution >= 4 is 17.6 Å². The summed E-state index contributed by atoms with van der Waals surface area (Å²) in [5.74, 6) is -2.84. The highest BCUT2D eigenvalue weighted by Crippen LogP contribution is 2.29. The predicted molar refractivity (Wildman–Crippen MR) is 91.6 cm³/mol. The van der Waals surface area contributed by atoms with Crippen LogP contribution < -0.4 is 10.6 Å². The lowest BCUT2D eigenvalue weighted by molar-refractivity contribution is -0.137. The average molecular weight is 414 g/mol. The summed E-state index contributed by atoms with van der Waals surface area (Å²) in [5, 5.41) is 4.87. The van der Waals surface area contributed by atoms with Crippen molar-refractivity contribution in [1.82, 2.24) is 15.2 Å². The summed E-state index contributed by atoms with van der Waals surface area (Å²) in [6.45, 7) is 0.728. The molecule has 0 aliphatic carbocycles. The van der Waals surface area contributed by atoms with E-state index in [1.807, 2.05) is 0 Å². The number of rotatable bonds is 4. The molecule has 2 aromatic rings. The zero-order valence-electron chi connectivity index (χ0n) is 15.0. The number of aromatic nitrogens is 1. The zero-order chi connectivity index (χ0) is 21.3. The van der Waals surface area contributed by atoms with E-state index in [0.29, 0.717) is 6.20 Å². The average Bonchev–Trinajstić information content (AvgIpc) is 2.65. The maximum Gasteiger partial charge on any atom is 0.417 e. The Labute approximate surface area is 161 Å². The van der Waals surface area contributed by atoms with Crippen molar-refractivity contribution in [3.63, 3.8) is 0 Å². The standard InChI is InChI=1S/C18H15F5N4O2/c1-9(13-4-2-10(6-24-13)18(21,22)23)25-15(28)8-27-7-11-14(26-17(27)29)5-3-12(19)16(11)20/h2-6,9H,7-8H2,1H3,(H,25,28)(H,26,29)/t9-/m1/s1. The summed E-state index contributed by atoms with van der Waals surface area (Å²) < 4.78 is 65.1. The Morgan fingerprint density at radius 2 is 2.00 bits per heavy atom. The number of nitrogens with one attached hydrogen (secondary N) is 2. The molecule has 0 saturated heterocycles. The molecule has 0 radical (unpaired) electrons. The van der Waals surface area contributed by atoms with Gasteiger partial charge in [0, 0.05) is 11.8 Å². The molecular weight excluding hydrogens is 399 g/mol. The van der Waals surface area contributed by atoms with Crippen molar-refractivity contribution in [1.29, 1.82) is 0 Å². The number of urea groups is 1. The summed E-state index contributed by atoms with van der Waals surface area (Å²) in [7, 11) is 0. The molecule has 29 heavy (non-hydrogen) atoms. The van der Waals surface area contributed by atoms with Gasteiger partial charge in [0.2, 0.25) is 5.91 Å². The van der Waals surface area contributed by atoms with Crippen molar-refractivity contribution in [3.8, 4) is 0 Å². The van der Waals surface area contributed by atoms with Crippen molar-refractivity contribution in [2.75, 3.05) is 11.9 Å². The monoisotopic (exact) mass is 414 g/mol. The minimum Gasteiger partial charge on any atom is -0.346 e. The first-order valence-corrected chi connectivity index (χ1v) is 8.41. The molecule has 2 N–H and O–H groups in total. The number of carbonyl (C=O) groups excluding carboxylic acids is 2. The number of hydrogen-bond donors (Lipinski definition) is 2. The number of benzene rings is 1. The third-order valence-corrected chi connectivity index (χ3v) is 4.34. The van der Waals surface area contributed by atoms with Crippen LogP contribution in [0.2, 0.25) is 0 Å². The lowest BCUT2D eigenvalue weighted by Gasteiger charge is -2.29. The van der Waals surface area contributed by atoms with Gasteiger partial charge < -0.3 is 15.5 Å². The second kappa shape index (κ2) is 7.64. The predicted octanol–water partition coefficient (Wildman–Crippen LogP) is 3.60. The number of carbonyl (C=O) groups is 2. The van der Waals surface area contributed by atoms with Gasteiger partial charge in [0.05, 0.1) is 29.5 Å². The van der Waals surface area contributed by atoms with E-state index in [-0.39, 0.29) is 23.5 Å². The van der Waals surface area contributed by atoms with Crippen LogP contribution in [0.1, 0.15) is 29.8 Å². The molecule has 1 aliphatic heterocycles. The first kappa shape index (κ1) is 20.5. The number of hydrogen-bond acceptors (Lipinski definition) is 3. The van der Waals surface area contributed by atoms with Gasteiger partial charge in [-0.3, -0.25) is 9.78 Å². The Bertz CT molecular complexity index is 947. The molecule has 0 spiro atoms. The Kier molecular flexibility index (Phi) is 5.40. The highest BCUT2D eigenvalue weighted by Gasteiger charge is 2.31. The first-order chi connectivity index (χ1) is 13.6. The van der Waals surface area contributed by atoms with Gasteiger partial charge in [0.25, 0.3) is 0 Å². The number of pyridine rings is 1. The van der Waals surface area contributed by atoms with Gasteiger partial charge in [-0.15, -0.1) is 0 Å². The smallest absolute Gasteiger partial charge is 0.346 e. The molecule has 0 fully saturated rings. The van der Waals surface area contributed by atoms with Crippen molar-refractivity contribution in [2.24, 2.45) is 0 Å². The van der Waals surface area contributed by atoms with E-state index in [4.69, 9.17) is 0 Å². The van der Waals surface area contributed by atoms with Gasteiger partial charge in [0.1, 0.15) is 6.54 Å². The van der Waals surface area contributed by atoms with Gasteiger partial charge in [-0.25, -0.2) is 13.6 Å². The molecule has 1 atom stereocenters. The van der Waals surface area contributed by atoms with Crippen LogP contribution in [0.5, 0.6) is 0 Å². The molecule has 0 bridgehead atoms. The molecule has 0 saturated carbocycles. The fourth-order valence-electron chi connectivity index (χ4n) is 2.81. The van der Waals surface area contributed by atoms with E-state index in [2.05, 4.69) is 15.6 Å². The van der Waals surface area contributed by atoms with Crippen LogP contribution in [-0.2, 0) is 17.5 Å². The number of fused-ring (bicyclic) bond motifs is 1. The number of alkyl halides is 3. The molecule has 3 rings (SSSR count). The molecule has 1 aromatic carbocycles. The minimum atomic E-state index is -4.52. The SMILES string of the molecule is C[C@@H](NC(=O)CN1Cc2c(ccc(F)c2F)NC1=O)c1ccc(C(F)(F)F)cn1. The lowest BCUT2D eigenvalue weighted by atomic mass is 10.1. The zero-order valence-corrected chi connectivity index (χ0v) is 15.0. The Morgan fingerprint density at radius 1 is 1.28 bits per heavy atom. The van der Waals surface area contributed by atoms with Crippen molar-refractivity contribution in [3.05, 3.63) is 58.9 Å². The largest absolute Gasteiger partial charge is 0.417 e. The van der Waals surface area contributed by atoms with Gasteiger partial charge in [-0.05, 0) is 31.2 Å². The number of halogens is 5. The fourth-order valence-corrected chi connectivity index (χ4v) is 2.81. The van der Waals surface area contributed by atoms with Crippen LogP contribution in [0.3, 0.4) is 0 Å². The van der Waals surface area contributed by atoms with E-state index in [0.717, 1.165) is 23.1 Å². The van der Waals surface area contributed by atoms with Crippen LogP contribution in [0, 0.1) is 11.6 Å². The molecule has 2 heterocycles. The lowest BCUT2D eigenvalue weighted by Crippen LogP contribution is -2.45. The number of nitrogens with zero attached hydrogens (tertiary/aromatic N) is 2.